The van der Waals surface area contributed by atoms with Crippen LogP contribution in [0.25, 0.3) is 10.1 Å². The molecule has 2 aromatic rings. The molecule has 1 aromatic carbocycles. The van der Waals surface area contributed by atoms with Gasteiger partial charge in [0.25, 0.3) is 0 Å². The zero-order chi connectivity index (χ0) is 9.42. The van der Waals surface area contributed by atoms with Crippen molar-refractivity contribution in [2.75, 3.05) is 0 Å². The summed E-state index contributed by atoms with van der Waals surface area (Å²) in [5.41, 5.74) is 1.32. The Morgan fingerprint density at radius 2 is 2.15 bits per heavy atom. The van der Waals surface area contributed by atoms with Crippen molar-refractivity contribution in [3.63, 3.8) is 0 Å². The van der Waals surface area contributed by atoms with Crippen LogP contribution in [0.5, 0.6) is 0 Å². The van der Waals surface area contributed by atoms with Crippen molar-refractivity contribution in [1.29, 1.82) is 0 Å². The van der Waals surface area contributed by atoms with Crippen LogP contribution in [0.4, 0.5) is 0 Å². The van der Waals surface area contributed by atoms with Crippen LogP contribution >= 0.6 is 55.8 Å². The van der Waals surface area contributed by atoms with Gasteiger partial charge >= 0.3 is 0 Å². The summed E-state index contributed by atoms with van der Waals surface area (Å²) < 4.78 is 2.46. The molecule has 0 saturated heterocycles. The fourth-order valence-corrected chi connectivity index (χ4v) is 4.24. The molecular formula is C9H6Br2S2. The third-order valence-electron chi connectivity index (χ3n) is 1.88. The number of alkyl halides is 1. The first-order valence-electron chi connectivity index (χ1n) is 3.67. The average molecular weight is 338 g/mol. The minimum Gasteiger partial charge on any atom is -0.143 e. The van der Waals surface area contributed by atoms with Gasteiger partial charge < -0.3 is 0 Å². The summed E-state index contributed by atoms with van der Waals surface area (Å²) in [5, 5.41) is 4.23. The molecule has 0 radical (unpaired) electrons. The van der Waals surface area contributed by atoms with Crippen LogP contribution in [0.3, 0.4) is 0 Å². The number of thiol groups is 1. The quantitative estimate of drug-likeness (QED) is 0.558. The first-order valence-corrected chi connectivity index (χ1v) is 6.91. The van der Waals surface area contributed by atoms with Gasteiger partial charge in [0.05, 0.1) is 0 Å². The first kappa shape index (κ1) is 10.0. The van der Waals surface area contributed by atoms with Crippen LogP contribution in [0.1, 0.15) is 5.56 Å². The number of hydrogen-bond acceptors (Lipinski definition) is 2. The minimum absolute atomic E-state index is 0.893. The summed E-state index contributed by atoms with van der Waals surface area (Å²) in [5.74, 6) is 0. The maximum atomic E-state index is 4.43. The molecule has 1 aromatic heterocycles. The zero-order valence-electron chi connectivity index (χ0n) is 6.55. The molecule has 0 aliphatic heterocycles. The Kier molecular flexibility index (Phi) is 3.03. The number of halogens is 2. The number of fused-ring (bicyclic) bond motifs is 1. The molecule has 0 aliphatic rings. The summed E-state index contributed by atoms with van der Waals surface area (Å²) in [6, 6.07) is 4.15. The largest absolute Gasteiger partial charge is 0.143 e. The molecule has 0 bridgehead atoms. The summed E-state index contributed by atoms with van der Waals surface area (Å²) in [6.07, 6.45) is 0. The normalized spacial score (nSPS) is 11.0. The average Bonchev–Trinajstić information content (AvgIpc) is 2.50. The minimum atomic E-state index is 0.893. The smallest absolute Gasteiger partial charge is 0.0406 e. The van der Waals surface area contributed by atoms with Crippen LogP contribution in [-0.4, -0.2) is 0 Å². The van der Waals surface area contributed by atoms with Crippen molar-refractivity contribution < 1.29 is 0 Å². The predicted molar refractivity (Wildman–Crippen MR) is 69.4 cm³/mol. The maximum Gasteiger partial charge on any atom is 0.0406 e. The summed E-state index contributed by atoms with van der Waals surface area (Å²) in [6.45, 7) is 0. The number of rotatable bonds is 1. The molecule has 0 N–H and O–H groups in total. The molecule has 0 saturated carbocycles. The first-order chi connectivity index (χ1) is 6.24. The van der Waals surface area contributed by atoms with Crippen molar-refractivity contribution in [1.82, 2.24) is 0 Å². The van der Waals surface area contributed by atoms with E-state index < -0.39 is 0 Å². The van der Waals surface area contributed by atoms with E-state index in [4.69, 9.17) is 0 Å². The topological polar surface area (TPSA) is 0 Å². The van der Waals surface area contributed by atoms with Gasteiger partial charge in [0.2, 0.25) is 0 Å². The van der Waals surface area contributed by atoms with Gasteiger partial charge in [-0.2, -0.15) is 0 Å². The lowest BCUT2D eigenvalue weighted by Gasteiger charge is -2.00. The maximum absolute atomic E-state index is 4.43. The van der Waals surface area contributed by atoms with Crippen LogP contribution in [-0.2, 0) is 5.33 Å². The summed E-state index contributed by atoms with van der Waals surface area (Å²) >= 11 is 13.2. The zero-order valence-corrected chi connectivity index (χ0v) is 11.4. The second-order valence-electron chi connectivity index (χ2n) is 2.67. The van der Waals surface area contributed by atoms with E-state index in [0.29, 0.717) is 0 Å². The number of thiophene rings is 1. The highest BCUT2D eigenvalue weighted by Gasteiger charge is 2.08. The van der Waals surface area contributed by atoms with Crippen molar-refractivity contribution in [2.24, 2.45) is 0 Å². The van der Waals surface area contributed by atoms with Crippen LogP contribution in [0.2, 0.25) is 0 Å². The molecular weight excluding hydrogens is 332 g/mol. The lowest BCUT2D eigenvalue weighted by atomic mass is 10.2. The standard InChI is InChI=1S/C9H6Br2S2/c10-3-5-1-2-7(12)8-6(11)4-13-9(5)8/h1-2,4,12H,3H2. The molecule has 0 aliphatic carbocycles. The van der Waals surface area contributed by atoms with Crippen molar-refractivity contribution >= 4 is 65.9 Å². The Balaban J connectivity index is 2.87. The molecule has 0 atom stereocenters. The lowest BCUT2D eigenvalue weighted by molar-refractivity contribution is 1.46. The monoisotopic (exact) mass is 336 g/mol. The Morgan fingerprint density at radius 3 is 2.85 bits per heavy atom. The highest BCUT2D eigenvalue weighted by atomic mass is 79.9. The molecule has 4 heteroatoms. The van der Waals surface area contributed by atoms with Crippen LogP contribution < -0.4 is 0 Å². The molecule has 1 heterocycles. The fraction of sp³-hybridized carbons (Fsp3) is 0.111. The predicted octanol–water partition coefficient (Wildman–Crippen LogP) is 4.85. The van der Waals surface area contributed by atoms with Gasteiger partial charge in [0.1, 0.15) is 0 Å². The highest BCUT2D eigenvalue weighted by molar-refractivity contribution is 9.10. The van der Waals surface area contributed by atoms with E-state index in [2.05, 4.69) is 55.9 Å². The van der Waals surface area contributed by atoms with E-state index in [-0.39, 0.29) is 0 Å². The van der Waals surface area contributed by atoms with Crippen molar-refractivity contribution in [3.05, 3.63) is 27.5 Å². The molecule has 0 nitrogen and oxygen atoms in total. The van der Waals surface area contributed by atoms with Gasteiger partial charge in [-0.05, 0) is 27.6 Å². The number of benzene rings is 1. The van der Waals surface area contributed by atoms with Crippen molar-refractivity contribution in [3.8, 4) is 0 Å². The Morgan fingerprint density at radius 1 is 1.38 bits per heavy atom. The van der Waals surface area contributed by atoms with E-state index in [1.807, 2.05) is 6.07 Å². The SMILES string of the molecule is Sc1ccc(CBr)c2scc(Br)c12. The summed E-state index contributed by atoms with van der Waals surface area (Å²) in [7, 11) is 0. The molecule has 2 rings (SSSR count). The lowest BCUT2D eigenvalue weighted by Crippen LogP contribution is -1.78. The molecule has 0 amide bonds. The van der Waals surface area contributed by atoms with Gasteiger partial charge in [0.15, 0.2) is 0 Å². The molecule has 0 fully saturated rings. The third-order valence-corrected chi connectivity index (χ3v) is 4.84. The fourth-order valence-electron chi connectivity index (χ4n) is 1.26. The van der Waals surface area contributed by atoms with Gasteiger partial charge in [-0.3, -0.25) is 0 Å². The van der Waals surface area contributed by atoms with Crippen LogP contribution in [0.15, 0.2) is 26.9 Å². The Hall–Kier alpha value is 0.490. The second-order valence-corrected chi connectivity index (χ2v) is 5.44. The van der Waals surface area contributed by atoms with E-state index in [1.54, 1.807) is 11.3 Å². The van der Waals surface area contributed by atoms with E-state index >= 15 is 0 Å². The summed E-state index contributed by atoms with van der Waals surface area (Å²) in [4.78, 5) is 1.04. The third kappa shape index (κ3) is 1.69. The highest BCUT2D eigenvalue weighted by Crippen LogP contribution is 2.37. The van der Waals surface area contributed by atoms with Crippen LogP contribution in [0, 0.1) is 0 Å². The van der Waals surface area contributed by atoms with E-state index in [9.17, 15) is 0 Å². The van der Waals surface area contributed by atoms with Gasteiger partial charge in [-0.15, -0.1) is 24.0 Å². The van der Waals surface area contributed by atoms with Gasteiger partial charge in [-0.1, -0.05) is 22.0 Å². The van der Waals surface area contributed by atoms with Crippen molar-refractivity contribution in [2.45, 2.75) is 10.2 Å². The van der Waals surface area contributed by atoms with Gasteiger partial charge in [0, 0.05) is 30.2 Å². The number of hydrogen-bond donors (Lipinski definition) is 1. The molecule has 0 spiro atoms. The Labute approximate surface area is 103 Å². The molecule has 13 heavy (non-hydrogen) atoms. The van der Waals surface area contributed by atoms with E-state index in [1.165, 1.54) is 15.6 Å². The molecule has 0 unspecified atom stereocenters. The molecule has 68 valence electrons. The van der Waals surface area contributed by atoms with E-state index in [0.717, 1.165) is 14.7 Å². The van der Waals surface area contributed by atoms with Gasteiger partial charge in [-0.25, -0.2) is 0 Å². The second kappa shape index (κ2) is 3.93. The Bertz CT molecular complexity index is 448.